The lowest BCUT2D eigenvalue weighted by Gasteiger charge is -2.10. The largest absolute Gasteiger partial charge is 0.387 e. The van der Waals surface area contributed by atoms with Crippen LogP contribution in [-0.2, 0) is 0 Å². The molecule has 0 amide bonds. The quantitative estimate of drug-likeness (QED) is 0.784. The van der Waals surface area contributed by atoms with Gasteiger partial charge in [0.25, 0.3) is 0 Å². The van der Waals surface area contributed by atoms with Gasteiger partial charge in [0.1, 0.15) is 5.82 Å². The second kappa shape index (κ2) is 4.56. The Labute approximate surface area is 81.3 Å². The minimum absolute atomic E-state index is 0.263. The highest BCUT2D eigenvalue weighted by Crippen LogP contribution is 2.19. The van der Waals surface area contributed by atoms with Gasteiger partial charge in [0.2, 0.25) is 0 Å². The van der Waals surface area contributed by atoms with Gasteiger partial charge >= 0.3 is 0 Å². The van der Waals surface area contributed by atoms with Crippen molar-refractivity contribution in [1.82, 2.24) is 5.32 Å². The van der Waals surface area contributed by atoms with Crippen molar-refractivity contribution in [2.75, 3.05) is 13.6 Å². The number of hydrogen-bond donors (Lipinski definition) is 2. The maximum absolute atomic E-state index is 13.2. The van der Waals surface area contributed by atoms with Crippen molar-refractivity contribution in [3.05, 3.63) is 34.6 Å². The summed E-state index contributed by atoms with van der Waals surface area (Å²) in [5.74, 6) is -0.477. The third-order valence-electron chi connectivity index (χ3n) is 1.72. The van der Waals surface area contributed by atoms with Crippen LogP contribution in [0, 0.1) is 5.82 Å². The van der Waals surface area contributed by atoms with Gasteiger partial charge < -0.3 is 10.4 Å². The third-order valence-corrected chi connectivity index (χ3v) is 1.95. The molecule has 4 heteroatoms. The number of likely N-dealkylation sites (N-methyl/N-ethyl adjacent to an activating group) is 1. The molecule has 0 aromatic heterocycles. The van der Waals surface area contributed by atoms with Gasteiger partial charge in [-0.15, -0.1) is 0 Å². The van der Waals surface area contributed by atoms with E-state index in [2.05, 4.69) is 5.32 Å². The highest BCUT2D eigenvalue weighted by molar-refractivity contribution is 6.30. The molecule has 1 atom stereocenters. The number of aliphatic hydroxyl groups is 1. The maximum atomic E-state index is 13.2. The highest BCUT2D eigenvalue weighted by atomic mass is 35.5. The summed E-state index contributed by atoms with van der Waals surface area (Å²) in [4.78, 5) is 0. The summed E-state index contributed by atoms with van der Waals surface area (Å²) in [5.41, 5.74) is 0.263. The topological polar surface area (TPSA) is 32.3 Å². The lowest BCUT2D eigenvalue weighted by Crippen LogP contribution is -2.17. The highest BCUT2D eigenvalue weighted by Gasteiger charge is 2.11. The van der Waals surface area contributed by atoms with Crippen molar-refractivity contribution in [1.29, 1.82) is 0 Å². The Morgan fingerprint density at radius 1 is 1.62 bits per heavy atom. The molecule has 0 fully saturated rings. The van der Waals surface area contributed by atoms with Crippen LogP contribution in [0.4, 0.5) is 4.39 Å². The number of nitrogens with one attached hydrogen (secondary N) is 1. The zero-order valence-corrected chi connectivity index (χ0v) is 7.98. The second-order valence-electron chi connectivity index (χ2n) is 2.74. The van der Waals surface area contributed by atoms with E-state index in [0.717, 1.165) is 0 Å². The number of benzene rings is 1. The SMILES string of the molecule is CNCC(O)c1ccc(Cl)cc1F. The first-order valence-corrected chi connectivity index (χ1v) is 4.30. The van der Waals surface area contributed by atoms with E-state index in [4.69, 9.17) is 11.6 Å². The van der Waals surface area contributed by atoms with Crippen LogP contribution in [-0.4, -0.2) is 18.7 Å². The Kier molecular flexibility index (Phi) is 3.66. The molecule has 0 aliphatic heterocycles. The van der Waals surface area contributed by atoms with Crippen LogP contribution in [0.3, 0.4) is 0 Å². The fourth-order valence-corrected chi connectivity index (χ4v) is 1.23. The first-order valence-electron chi connectivity index (χ1n) is 3.92. The molecule has 0 saturated carbocycles. The van der Waals surface area contributed by atoms with Gasteiger partial charge in [-0.25, -0.2) is 4.39 Å². The summed E-state index contributed by atoms with van der Waals surface area (Å²) in [5, 5.41) is 12.5. The summed E-state index contributed by atoms with van der Waals surface area (Å²) < 4.78 is 13.2. The van der Waals surface area contributed by atoms with Crippen LogP contribution in [0.2, 0.25) is 5.02 Å². The summed E-state index contributed by atoms with van der Waals surface area (Å²) in [6.45, 7) is 0.318. The maximum Gasteiger partial charge on any atom is 0.130 e. The summed E-state index contributed by atoms with van der Waals surface area (Å²) in [6, 6.07) is 4.23. The molecule has 0 saturated heterocycles. The number of halogens is 2. The molecule has 1 unspecified atom stereocenters. The Balaban J connectivity index is 2.88. The Bertz CT molecular complexity index is 293. The zero-order chi connectivity index (χ0) is 9.84. The van der Waals surface area contributed by atoms with E-state index in [9.17, 15) is 9.50 Å². The van der Waals surface area contributed by atoms with Crippen LogP contribution >= 0.6 is 11.6 Å². The average molecular weight is 204 g/mol. The number of hydrogen-bond acceptors (Lipinski definition) is 2. The fraction of sp³-hybridized carbons (Fsp3) is 0.333. The predicted molar refractivity (Wildman–Crippen MR) is 50.3 cm³/mol. The molecule has 1 rings (SSSR count). The van der Waals surface area contributed by atoms with Gasteiger partial charge in [0, 0.05) is 17.1 Å². The van der Waals surface area contributed by atoms with Crippen molar-refractivity contribution >= 4 is 11.6 Å². The van der Waals surface area contributed by atoms with Crippen LogP contribution in [0.15, 0.2) is 18.2 Å². The number of aliphatic hydroxyl groups excluding tert-OH is 1. The van der Waals surface area contributed by atoms with Crippen molar-refractivity contribution in [3.8, 4) is 0 Å². The normalized spacial score (nSPS) is 12.9. The van der Waals surface area contributed by atoms with Crippen LogP contribution in [0.5, 0.6) is 0 Å². The molecular weight excluding hydrogens is 193 g/mol. The average Bonchev–Trinajstić information content (AvgIpc) is 2.04. The Morgan fingerprint density at radius 2 is 2.31 bits per heavy atom. The van der Waals surface area contributed by atoms with Gasteiger partial charge in [0.15, 0.2) is 0 Å². The summed E-state index contributed by atoms with van der Waals surface area (Å²) in [6.07, 6.45) is -0.831. The Hall–Kier alpha value is -0.640. The Morgan fingerprint density at radius 3 is 2.85 bits per heavy atom. The van der Waals surface area contributed by atoms with Gasteiger partial charge in [-0.1, -0.05) is 17.7 Å². The fourth-order valence-electron chi connectivity index (χ4n) is 1.08. The molecule has 0 spiro atoms. The predicted octanol–water partition coefficient (Wildman–Crippen LogP) is 1.73. The van der Waals surface area contributed by atoms with Crippen molar-refractivity contribution in [3.63, 3.8) is 0 Å². The van der Waals surface area contributed by atoms with E-state index < -0.39 is 11.9 Å². The van der Waals surface area contributed by atoms with E-state index in [-0.39, 0.29) is 5.56 Å². The first-order chi connectivity index (χ1) is 6.15. The molecule has 72 valence electrons. The van der Waals surface area contributed by atoms with Gasteiger partial charge in [-0.2, -0.15) is 0 Å². The molecule has 0 bridgehead atoms. The second-order valence-corrected chi connectivity index (χ2v) is 3.18. The third kappa shape index (κ3) is 2.66. The lowest BCUT2D eigenvalue weighted by atomic mass is 10.1. The van der Waals surface area contributed by atoms with Gasteiger partial charge in [-0.05, 0) is 19.2 Å². The van der Waals surface area contributed by atoms with Crippen LogP contribution in [0.1, 0.15) is 11.7 Å². The minimum atomic E-state index is -0.831. The molecule has 0 aliphatic carbocycles. The van der Waals surface area contributed by atoms with E-state index in [1.54, 1.807) is 13.1 Å². The molecule has 0 aliphatic rings. The molecule has 0 heterocycles. The molecule has 2 nitrogen and oxygen atoms in total. The molecule has 2 N–H and O–H groups in total. The summed E-state index contributed by atoms with van der Waals surface area (Å²) >= 11 is 5.56. The smallest absolute Gasteiger partial charge is 0.130 e. The number of rotatable bonds is 3. The van der Waals surface area contributed by atoms with Gasteiger partial charge in [-0.3, -0.25) is 0 Å². The summed E-state index contributed by atoms with van der Waals surface area (Å²) in [7, 11) is 1.69. The van der Waals surface area contributed by atoms with Crippen molar-refractivity contribution < 1.29 is 9.50 Å². The van der Waals surface area contributed by atoms with E-state index >= 15 is 0 Å². The molecular formula is C9H11ClFNO. The molecule has 0 radical (unpaired) electrons. The van der Waals surface area contributed by atoms with E-state index in [1.807, 2.05) is 0 Å². The van der Waals surface area contributed by atoms with Crippen LogP contribution < -0.4 is 5.32 Å². The molecule has 1 aromatic rings. The monoisotopic (exact) mass is 203 g/mol. The van der Waals surface area contributed by atoms with Crippen molar-refractivity contribution in [2.45, 2.75) is 6.10 Å². The standard InChI is InChI=1S/C9H11ClFNO/c1-12-5-9(13)7-3-2-6(10)4-8(7)11/h2-4,9,12-13H,5H2,1H3. The zero-order valence-electron chi connectivity index (χ0n) is 7.22. The van der Waals surface area contributed by atoms with E-state index in [0.29, 0.717) is 11.6 Å². The lowest BCUT2D eigenvalue weighted by molar-refractivity contribution is 0.173. The molecule has 1 aromatic carbocycles. The van der Waals surface area contributed by atoms with E-state index in [1.165, 1.54) is 12.1 Å². The van der Waals surface area contributed by atoms with Crippen molar-refractivity contribution in [2.24, 2.45) is 0 Å². The molecule has 13 heavy (non-hydrogen) atoms. The van der Waals surface area contributed by atoms with Crippen LogP contribution in [0.25, 0.3) is 0 Å². The van der Waals surface area contributed by atoms with Gasteiger partial charge in [0.05, 0.1) is 6.10 Å². The first kappa shape index (κ1) is 10.4. The minimum Gasteiger partial charge on any atom is -0.387 e.